The maximum Gasteiger partial charge on any atom is 0.223 e. The van der Waals surface area contributed by atoms with Gasteiger partial charge in [0.25, 0.3) is 0 Å². The van der Waals surface area contributed by atoms with Crippen LogP contribution < -0.4 is 0 Å². The van der Waals surface area contributed by atoms with Gasteiger partial charge in [-0.3, -0.25) is 0 Å². The predicted molar refractivity (Wildman–Crippen MR) is 60.1 cm³/mol. The minimum Gasteiger partial charge on any atom is -0.249 e. The van der Waals surface area contributed by atoms with Crippen molar-refractivity contribution in [2.75, 3.05) is 0 Å². The van der Waals surface area contributed by atoms with E-state index in [1.54, 1.807) is 12.4 Å². The molecule has 2 aromatic rings. The first-order valence-corrected chi connectivity index (χ1v) is 5.53. The van der Waals surface area contributed by atoms with Crippen LogP contribution >= 0.6 is 23.4 Å². The third kappa shape index (κ3) is 2.67. The molecule has 0 unspecified atom stereocenters. The van der Waals surface area contributed by atoms with E-state index in [-0.39, 0.29) is 5.28 Å². The fourth-order valence-corrected chi connectivity index (χ4v) is 2.05. The smallest absolute Gasteiger partial charge is 0.223 e. The molecule has 0 spiro atoms. The standard InChI is InChI=1S/C10H8ClN3S/c1-7-3-2-5-12-9(7)15-8-4-6-13-10(11)14-8/h2-6H,1H3. The zero-order valence-corrected chi connectivity index (χ0v) is 9.59. The Bertz CT molecular complexity index is 476. The Morgan fingerprint density at radius 3 is 2.80 bits per heavy atom. The van der Waals surface area contributed by atoms with Crippen molar-refractivity contribution in [3.05, 3.63) is 41.4 Å². The largest absolute Gasteiger partial charge is 0.249 e. The average molecular weight is 238 g/mol. The van der Waals surface area contributed by atoms with Crippen molar-refractivity contribution < 1.29 is 0 Å². The van der Waals surface area contributed by atoms with Gasteiger partial charge in [-0.25, -0.2) is 15.0 Å². The summed E-state index contributed by atoms with van der Waals surface area (Å²) < 4.78 is 0. The third-order valence-electron chi connectivity index (χ3n) is 1.76. The molecule has 5 heteroatoms. The van der Waals surface area contributed by atoms with Crippen LogP contribution in [0.15, 0.2) is 40.6 Å². The number of hydrogen-bond acceptors (Lipinski definition) is 4. The van der Waals surface area contributed by atoms with Gasteiger partial charge in [0.1, 0.15) is 10.1 Å². The minimum absolute atomic E-state index is 0.258. The lowest BCUT2D eigenvalue weighted by Crippen LogP contribution is -1.87. The van der Waals surface area contributed by atoms with Crippen LogP contribution in [0.4, 0.5) is 0 Å². The highest BCUT2D eigenvalue weighted by molar-refractivity contribution is 7.99. The maximum atomic E-state index is 5.69. The summed E-state index contributed by atoms with van der Waals surface area (Å²) in [6.07, 6.45) is 3.40. The summed E-state index contributed by atoms with van der Waals surface area (Å²) in [5, 5.41) is 2.00. The van der Waals surface area contributed by atoms with Gasteiger partial charge in [-0.1, -0.05) is 6.07 Å². The van der Waals surface area contributed by atoms with E-state index in [0.29, 0.717) is 0 Å². The summed E-state index contributed by atoms with van der Waals surface area (Å²) in [7, 11) is 0. The van der Waals surface area contributed by atoms with Crippen molar-refractivity contribution in [1.29, 1.82) is 0 Å². The summed E-state index contributed by atoms with van der Waals surface area (Å²) in [6.45, 7) is 2.01. The Labute approximate surface area is 96.9 Å². The second-order valence-corrected chi connectivity index (χ2v) is 4.24. The normalized spacial score (nSPS) is 10.3. The first-order chi connectivity index (χ1) is 7.25. The number of nitrogens with zero attached hydrogens (tertiary/aromatic N) is 3. The number of hydrogen-bond donors (Lipinski definition) is 0. The van der Waals surface area contributed by atoms with E-state index in [0.717, 1.165) is 15.6 Å². The van der Waals surface area contributed by atoms with E-state index in [9.17, 15) is 0 Å². The zero-order valence-electron chi connectivity index (χ0n) is 8.01. The molecule has 15 heavy (non-hydrogen) atoms. The van der Waals surface area contributed by atoms with Gasteiger partial charge in [0, 0.05) is 12.4 Å². The molecule has 0 atom stereocenters. The lowest BCUT2D eigenvalue weighted by atomic mass is 10.3. The number of aryl methyl sites for hydroxylation is 1. The molecule has 2 aromatic heterocycles. The highest BCUT2D eigenvalue weighted by atomic mass is 35.5. The zero-order chi connectivity index (χ0) is 10.7. The molecule has 76 valence electrons. The Morgan fingerprint density at radius 1 is 1.20 bits per heavy atom. The van der Waals surface area contributed by atoms with Crippen molar-refractivity contribution in [2.45, 2.75) is 17.0 Å². The molecule has 2 rings (SSSR count). The van der Waals surface area contributed by atoms with Crippen LogP contribution in [-0.2, 0) is 0 Å². The van der Waals surface area contributed by atoms with E-state index in [4.69, 9.17) is 11.6 Å². The molecule has 0 aromatic carbocycles. The Balaban J connectivity index is 2.26. The van der Waals surface area contributed by atoms with Gasteiger partial charge in [0.15, 0.2) is 0 Å². The van der Waals surface area contributed by atoms with Crippen molar-refractivity contribution >= 4 is 23.4 Å². The Kier molecular flexibility index (Phi) is 3.18. The molecule has 0 N–H and O–H groups in total. The quantitative estimate of drug-likeness (QED) is 0.595. The van der Waals surface area contributed by atoms with Crippen molar-refractivity contribution in [3.8, 4) is 0 Å². The molecule has 0 aliphatic carbocycles. The van der Waals surface area contributed by atoms with E-state index in [2.05, 4.69) is 15.0 Å². The van der Waals surface area contributed by atoms with E-state index < -0.39 is 0 Å². The average Bonchev–Trinajstić information content (AvgIpc) is 2.22. The fraction of sp³-hybridized carbons (Fsp3) is 0.100. The molecule has 3 nitrogen and oxygen atoms in total. The maximum absolute atomic E-state index is 5.69. The molecular formula is C10H8ClN3S. The fourth-order valence-electron chi connectivity index (χ4n) is 1.05. The summed E-state index contributed by atoms with van der Waals surface area (Å²) in [5.74, 6) is 0. The van der Waals surface area contributed by atoms with Gasteiger partial charge in [-0.05, 0) is 48.0 Å². The van der Waals surface area contributed by atoms with Gasteiger partial charge in [-0.2, -0.15) is 0 Å². The number of aromatic nitrogens is 3. The van der Waals surface area contributed by atoms with Crippen molar-refractivity contribution in [1.82, 2.24) is 15.0 Å². The van der Waals surface area contributed by atoms with Gasteiger partial charge in [-0.15, -0.1) is 0 Å². The first-order valence-electron chi connectivity index (χ1n) is 4.34. The van der Waals surface area contributed by atoms with E-state index in [1.165, 1.54) is 11.8 Å². The first kappa shape index (κ1) is 10.4. The molecule has 0 aliphatic heterocycles. The van der Waals surface area contributed by atoms with Crippen molar-refractivity contribution in [3.63, 3.8) is 0 Å². The van der Waals surface area contributed by atoms with Crippen molar-refractivity contribution in [2.24, 2.45) is 0 Å². The summed E-state index contributed by atoms with van der Waals surface area (Å²) >= 11 is 7.18. The molecule has 2 heterocycles. The lowest BCUT2D eigenvalue weighted by molar-refractivity contribution is 1.03. The molecule has 0 fully saturated rings. The SMILES string of the molecule is Cc1cccnc1Sc1ccnc(Cl)n1. The number of pyridine rings is 1. The third-order valence-corrected chi connectivity index (χ3v) is 3.00. The van der Waals surface area contributed by atoms with Crippen LogP contribution in [0.1, 0.15) is 5.56 Å². The number of rotatable bonds is 2. The summed E-state index contributed by atoms with van der Waals surface area (Å²) in [6, 6.07) is 5.73. The van der Waals surface area contributed by atoms with E-state index >= 15 is 0 Å². The number of halogens is 1. The molecule has 0 saturated heterocycles. The molecule has 0 aliphatic rings. The Morgan fingerprint density at radius 2 is 2.07 bits per heavy atom. The molecule has 0 bridgehead atoms. The van der Waals surface area contributed by atoms with Crippen LogP contribution in [0.3, 0.4) is 0 Å². The van der Waals surface area contributed by atoms with Crippen LogP contribution in [0.5, 0.6) is 0 Å². The van der Waals surface area contributed by atoms with Gasteiger partial charge in [0.2, 0.25) is 5.28 Å². The Hall–Kier alpha value is -1.13. The second-order valence-electron chi connectivity index (χ2n) is 2.89. The predicted octanol–water partition coefficient (Wildman–Crippen LogP) is 2.98. The minimum atomic E-state index is 0.258. The van der Waals surface area contributed by atoms with Gasteiger partial charge in [0.05, 0.1) is 0 Å². The topological polar surface area (TPSA) is 38.7 Å². The summed E-state index contributed by atoms with van der Waals surface area (Å²) in [4.78, 5) is 12.2. The van der Waals surface area contributed by atoms with Crippen LogP contribution in [0.2, 0.25) is 5.28 Å². The monoisotopic (exact) mass is 237 g/mol. The molecule has 0 amide bonds. The molecular weight excluding hydrogens is 230 g/mol. The van der Waals surface area contributed by atoms with Crippen LogP contribution in [0, 0.1) is 6.92 Å². The summed E-state index contributed by atoms with van der Waals surface area (Å²) in [5.41, 5.74) is 1.12. The highest BCUT2D eigenvalue weighted by Gasteiger charge is 2.03. The van der Waals surface area contributed by atoms with Gasteiger partial charge < -0.3 is 0 Å². The highest BCUT2D eigenvalue weighted by Crippen LogP contribution is 2.26. The second kappa shape index (κ2) is 4.59. The molecule has 0 saturated carbocycles. The lowest BCUT2D eigenvalue weighted by Gasteiger charge is -2.02. The van der Waals surface area contributed by atoms with E-state index in [1.807, 2.05) is 25.1 Å². The van der Waals surface area contributed by atoms with Crippen LogP contribution in [-0.4, -0.2) is 15.0 Å². The van der Waals surface area contributed by atoms with Gasteiger partial charge >= 0.3 is 0 Å². The van der Waals surface area contributed by atoms with Crippen LogP contribution in [0.25, 0.3) is 0 Å². The molecule has 0 radical (unpaired) electrons.